The molecule has 1 atom stereocenters. The van der Waals surface area contributed by atoms with Crippen molar-refractivity contribution in [3.63, 3.8) is 0 Å². The van der Waals surface area contributed by atoms with Crippen LogP contribution in [0.5, 0.6) is 11.5 Å². The molecule has 2 amide bonds. The van der Waals surface area contributed by atoms with Crippen LogP contribution >= 0.6 is 11.8 Å². The number of carbonyl (C=O) groups is 2. The maximum absolute atomic E-state index is 13.2. The van der Waals surface area contributed by atoms with E-state index >= 15 is 0 Å². The number of piperazine rings is 1. The second-order valence-electron chi connectivity index (χ2n) is 8.91. The van der Waals surface area contributed by atoms with Gasteiger partial charge in [-0.05, 0) is 44.5 Å². The van der Waals surface area contributed by atoms with Gasteiger partial charge in [0, 0.05) is 49.6 Å². The Balaban J connectivity index is 1.28. The highest BCUT2D eigenvalue weighted by molar-refractivity contribution is 7.99. The van der Waals surface area contributed by atoms with Crippen LogP contribution < -0.4 is 9.47 Å². The third-order valence-electron chi connectivity index (χ3n) is 6.46. The van der Waals surface area contributed by atoms with Crippen molar-refractivity contribution in [2.75, 3.05) is 39.6 Å². The number of aryl methyl sites for hydroxylation is 1. The van der Waals surface area contributed by atoms with Crippen LogP contribution in [0, 0.1) is 6.92 Å². The van der Waals surface area contributed by atoms with E-state index < -0.39 is 0 Å². The van der Waals surface area contributed by atoms with Gasteiger partial charge < -0.3 is 19.3 Å². The molecule has 0 bridgehead atoms. The number of aromatic nitrogens is 3. The summed E-state index contributed by atoms with van der Waals surface area (Å²) < 4.78 is 12.7. The van der Waals surface area contributed by atoms with Crippen LogP contribution in [0.25, 0.3) is 5.69 Å². The number of carbonyl (C=O) groups excluding carboxylic acids is 2. The van der Waals surface area contributed by atoms with E-state index in [4.69, 9.17) is 9.47 Å². The van der Waals surface area contributed by atoms with Crippen LogP contribution in [-0.4, -0.2) is 82.0 Å². The molecule has 1 aliphatic heterocycles. The molecule has 1 aromatic heterocycles. The summed E-state index contributed by atoms with van der Waals surface area (Å²) in [6, 6.07) is 15.1. The second kappa shape index (κ2) is 12.1. The van der Waals surface area contributed by atoms with Gasteiger partial charge in [0.25, 0.3) is 5.91 Å². The number of benzene rings is 2. The Morgan fingerprint density at radius 2 is 1.84 bits per heavy atom. The normalized spacial score (nSPS) is 15.5. The predicted molar refractivity (Wildman–Crippen MR) is 143 cm³/mol. The lowest BCUT2D eigenvalue weighted by molar-refractivity contribution is -0.133. The van der Waals surface area contributed by atoms with Gasteiger partial charge in [0.05, 0.1) is 19.8 Å². The van der Waals surface area contributed by atoms with Crippen molar-refractivity contribution in [1.29, 1.82) is 0 Å². The molecule has 1 saturated heterocycles. The first kappa shape index (κ1) is 26.5. The molecule has 196 valence electrons. The summed E-state index contributed by atoms with van der Waals surface area (Å²) in [5.41, 5.74) is 1.52. The van der Waals surface area contributed by atoms with Crippen molar-refractivity contribution in [3.05, 3.63) is 59.9 Å². The zero-order valence-electron chi connectivity index (χ0n) is 21.7. The first-order valence-electron chi connectivity index (χ1n) is 12.3. The molecule has 0 radical (unpaired) electrons. The van der Waals surface area contributed by atoms with E-state index in [0.717, 1.165) is 28.8 Å². The average Bonchev–Trinajstić information content (AvgIpc) is 3.30. The number of para-hydroxylation sites is 1. The number of nitrogens with zero attached hydrogens (tertiary/aromatic N) is 5. The van der Waals surface area contributed by atoms with Crippen LogP contribution in [0.2, 0.25) is 0 Å². The van der Waals surface area contributed by atoms with Gasteiger partial charge >= 0.3 is 0 Å². The highest BCUT2D eigenvalue weighted by atomic mass is 32.2. The Morgan fingerprint density at radius 1 is 1.05 bits per heavy atom. The molecule has 2 aromatic carbocycles. The molecule has 9 nitrogen and oxygen atoms in total. The van der Waals surface area contributed by atoms with Gasteiger partial charge in [0.1, 0.15) is 17.3 Å². The molecular weight excluding hydrogens is 490 g/mol. The standard InChI is InChI=1S/C27H33N5O4S/c1-19-18-30(14-15-31(19)26(34)23-13-12-22(35-3)17-24(23)36-4)25(33)11-8-16-37-27-29-28-20(2)32(27)21-9-6-5-7-10-21/h5-7,9-10,12-13,17,19H,8,11,14-16,18H2,1-4H3. The largest absolute Gasteiger partial charge is 0.497 e. The molecule has 37 heavy (non-hydrogen) atoms. The minimum Gasteiger partial charge on any atom is -0.497 e. The van der Waals surface area contributed by atoms with Crippen molar-refractivity contribution in [2.24, 2.45) is 0 Å². The molecule has 0 spiro atoms. The summed E-state index contributed by atoms with van der Waals surface area (Å²) in [5, 5.41) is 9.35. The second-order valence-corrected chi connectivity index (χ2v) is 9.97. The fourth-order valence-corrected chi connectivity index (χ4v) is 5.41. The predicted octanol–water partition coefficient (Wildman–Crippen LogP) is 3.84. The number of hydrogen-bond acceptors (Lipinski definition) is 7. The molecule has 2 heterocycles. The third kappa shape index (κ3) is 6.07. The number of amides is 2. The molecule has 0 aliphatic carbocycles. The Morgan fingerprint density at radius 3 is 2.54 bits per heavy atom. The number of rotatable bonds is 9. The van der Waals surface area contributed by atoms with Crippen molar-refractivity contribution >= 4 is 23.6 Å². The van der Waals surface area contributed by atoms with Gasteiger partial charge in [0.2, 0.25) is 5.91 Å². The fraction of sp³-hybridized carbons (Fsp3) is 0.407. The summed E-state index contributed by atoms with van der Waals surface area (Å²) in [6.45, 7) is 5.42. The molecule has 1 aliphatic rings. The van der Waals surface area contributed by atoms with E-state index in [2.05, 4.69) is 10.2 Å². The Labute approximate surface area is 221 Å². The lowest BCUT2D eigenvalue weighted by Gasteiger charge is -2.40. The fourth-order valence-electron chi connectivity index (χ4n) is 4.47. The number of methoxy groups -OCH3 is 2. The van der Waals surface area contributed by atoms with Crippen LogP contribution in [0.1, 0.15) is 35.9 Å². The van der Waals surface area contributed by atoms with E-state index in [-0.39, 0.29) is 17.9 Å². The van der Waals surface area contributed by atoms with Crippen molar-refractivity contribution in [3.8, 4) is 17.2 Å². The summed E-state index contributed by atoms with van der Waals surface area (Å²) in [6.07, 6.45) is 1.19. The van der Waals surface area contributed by atoms with E-state index in [9.17, 15) is 9.59 Å². The number of hydrogen-bond donors (Lipinski definition) is 0. The smallest absolute Gasteiger partial charge is 0.257 e. The minimum absolute atomic E-state index is 0.0984. The first-order chi connectivity index (χ1) is 17.9. The van der Waals surface area contributed by atoms with E-state index in [1.54, 1.807) is 37.1 Å². The quantitative estimate of drug-likeness (QED) is 0.311. The van der Waals surface area contributed by atoms with E-state index in [1.165, 1.54) is 7.11 Å². The zero-order chi connectivity index (χ0) is 26.4. The maximum atomic E-state index is 13.2. The van der Waals surface area contributed by atoms with Crippen LogP contribution in [-0.2, 0) is 4.79 Å². The molecule has 10 heteroatoms. The van der Waals surface area contributed by atoms with Crippen molar-refractivity contribution < 1.29 is 19.1 Å². The molecule has 3 aromatic rings. The van der Waals surface area contributed by atoms with Crippen LogP contribution in [0.15, 0.2) is 53.7 Å². The van der Waals surface area contributed by atoms with Gasteiger partial charge in [-0.25, -0.2) is 0 Å². The topological polar surface area (TPSA) is 89.8 Å². The van der Waals surface area contributed by atoms with Gasteiger partial charge in [-0.1, -0.05) is 30.0 Å². The Hall–Kier alpha value is -3.53. The number of ether oxygens (including phenoxy) is 2. The molecule has 0 saturated carbocycles. The van der Waals surface area contributed by atoms with Gasteiger partial charge in [-0.2, -0.15) is 0 Å². The van der Waals surface area contributed by atoms with Crippen molar-refractivity contribution in [1.82, 2.24) is 24.6 Å². The molecule has 1 unspecified atom stereocenters. The Kier molecular flexibility index (Phi) is 8.70. The van der Waals surface area contributed by atoms with Gasteiger partial charge in [-0.15, -0.1) is 10.2 Å². The lowest BCUT2D eigenvalue weighted by Crippen LogP contribution is -2.55. The SMILES string of the molecule is COc1ccc(C(=O)N2CCN(C(=O)CCCSc3nnc(C)n3-c3ccccc3)CC2C)c(OC)c1. The molecule has 4 rings (SSSR count). The minimum atomic E-state index is -0.103. The van der Waals surface area contributed by atoms with Crippen molar-refractivity contribution in [2.45, 2.75) is 37.9 Å². The lowest BCUT2D eigenvalue weighted by atomic mass is 10.1. The summed E-state index contributed by atoms with van der Waals surface area (Å²) in [4.78, 5) is 29.8. The van der Waals surface area contributed by atoms with E-state index in [1.807, 2.05) is 58.5 Å². The highest BCUT2D eigenvalue weighted by Crippen LogP contribution is 2.27. The average molecular weight is 524 g/mol. The maximum Gasteiger partial charge on any atom is 0.257 e. The monoisotopic (exact) mass is 523 g/mol. The molecule has 1 fully saturated rings. The molecular formula is C27H33N5O4S. The first-order valence-corrected chi connectivity index (χ1v) is 13.3. The highest BCUT2D eigenvalue weighted by Gasteiger charge is 2.31. The van der Waals surface area contributed by atoms with Gasteiger partial charge in [0.15, 0.2) is 5.16 Å². The number of thioether (sulfide) groups is 1. The van der Waals surface area contributed by atoms with Gasteiger partial charge in [-0.3, -0.25) is 14.2 Å². The zero-order valence-corrected chi connectivity index (χ0v) is 22.5. The van der Waals surface area contributed by atoms with Crippen LogP contribution in [0.3, 0.4) is 0 Å². The Bertz CT molecular complexity index is 1230. The summed E-state index contributed by atoms with van der Waals surface area (Å²) >= 11 is 1.60. The summed E-state index contributed by atoms with van der Waals surface area (Å²) in [5.74, 6) is 2.72. The van der Waals surface area contributed by atoms with Crippen LogP contribution in [0.4, 0.5) is 0 Å². The van der Waals surface area contributed by atoms with E-state index in [0.29, 0.717) is 43.1 Å². The third-order valence-corrected chi connectivity index (χ3v) is 7.47. The summed E-state index contributed by atoms with van der Waals surface area (Å²) in [7, 11) is 3.11. The molecule has 0 N–H and O–H groups in total.